The van der Waals surface area contributed by atoms with Crippen LogP contribution in [0.2, 0.25) is 0 Å². The van der Waals surface area contributed by atoms with Crippen molar-refractivity contribution in [3.05, 3.63) is 87.6 Å². The molecule has 0 bridgehead atoms. The smallest absolute Gasteiger partial charge is 0.337 e. The van der Waals surface area contributed by atoms with Gasteiger partial charge < -0.3 is 10.1 Å². The van der Waals surface area contributed by atoms with Crippen LogP contribution in [0.4, 0.5) is 5.69 Å². The molecule has 1 fully saturated rings. The molecule has 1 N–H and O–H groups in total. The lowest BCUT2D eigenvalue weighted by molar-refractivity contribution is -0.127. The maximum Gasteiger partial charge on any atom is 0.337 e. The van der Waals surface area contributed by atoms with Crippen molar-refractivity contribution in [2.45, 2.75) is 51.1 Å². The molecule has 0 unspecified atom stereocenters. The van der Waals surface area contributed by atoms with Gasteiger partial charge in [0.2, 0.25) is 11.8 Å². The van der Waals surface area contributed by atoms with Crippen molar-refractivity contribution in [2.24, 2.45) is 0 Å². The molecule has 2 amide bonds. The zero-order chi connectivity index (χ0) is 24.8. The molecule has 1 aromatic heterocycles. The molecular formula is C28H30N2O4S. The third kappa shape index (κ3) is 5.80. The summed E-state index contributed by atoms with van der Waals surface area (Å²) in [4.78, 5) is 42.1. The first-order valence-electron chi connectivity index (χ1n) is 11.9. The van der Waals surface area contributed by atoms with E-state index in [1.165, 1.54) is 18.4 Å². The standard InChI is InChI=1S/C28H30N2O4S/c1-19-8-3-6-12-24(19)26(27(32)29-21-9-4-5-10-21)30(25(31)18-23-11-7-17-35-23)22-15-13-20(14-16-22)28(33)34-2/h3,6-8,11-17,21,26H,4-5,9-10,18H2,1-2H3,(H,29,32)/t26-/m1/s1. The number of aryl methyl sites for hydroxylation is 1. The van der Waals surface area contributed by atoms with Crippen LogP contribution in [0.1, 0.15) is 58.1 Å². The predicted molar refractivity (Wildman–Crippen MR) is 138 cm³/mol. The van der Waals surface area contributed by atoms with Crippen LogP contribution in [0, 0.1) is 6.92 Å². The molecule has 1 heterocycles. The molecule has 4 rings (SSSR count). The van der Waals surface area contributed by atoms with E-state index in [0.29, 0.717) is 11.3 Å². The molecule has 182 valence electrons. The Balaban J connectivity index is 1.78. The minimum absolute atomic E-state index is 0.116. The average Bonchev–Trinajstić information content (AvgIpc) is 3.57. The van der Waals surface area contributed by atoms with Crippen LogP contribution in [0.5, 0.6) is 0 Å². The number of ether oxygens (including phenoxy) is 1. The Morgan fingerprint density at radius 3 is 2.37 bits per heavy atom. The van der Waals surface area contributed by atoms with Crippen molar-refractivity contribution in [2.75, 3.05) is 12.0 Å². The van der Waals surface area contributed by atoms with Crippen LogP contribution >= 0.6 is 11.3 Å². The predicted octanol–water partition coefficient (Wildman–Crippen LogP) is 5.22. The minimum Gasteiger partial charge on any atom is -0.465 e. The number of rotatable bonds is 8. The van der Waals surface area contributed by atoms with Gasteiger partial charge in [-0.05, 0) is 66.6 Å². The molecule has 6 nitrogen and oxygen atoms in total. The summed E-state index contributed by atoms with van der Waals surface area (Å²) in [7, 11) is 1.33. The number of hydrogen-bond acceptors (Lipinski definition) is 5. The molecule has 1 aliphatic rings. The van der Waals surface area contributed by atoms with E-state index in [1.807, 2.05) is 48.7 Å². The lowest BCUT2D eigenvalue weighted by Gasteiger charge is -2.33. The van der Waals surface area contributed by atoms with E-state index in [1.54, 1.807) is 29.2 Å². The van der Waals surface area contributed by atoms with Gasteiger partial charge in [0.25, 0.3) is 0 Å². The first-order chi connectivity index (χ1) is 17.0. The Kier molecular flexibility index (Phi) is 7.98. The topological polar surface area (TPSA) is 75.7 Å². The Hall–Kier alpha value is -3.45. The normalized spacial score (nSPS) is 14.3. The second-order valence-electron chi connectivity index (χ2n) is 8.81. The Morgan fingerprint density at radius 2 is 1.74 bits per heavy atom. The average molecular weight is 491 g/mol. The van der Waals surface area contributed by atoms with Crippen molar-refractivity contribution in [1.29, 1.82) is 0 Å². The van der Waals surface area contributed by atoms with Gasteiger partial charge in [0.15, 0.2) is 0 Å². The van der Waals surface area contributed by atoms with Crippen molar-refractivity contribution in [3.63, 3.8) is 0 Å². The van der Waals surface area contributed by atoms with Crippen LogP contribution < -0.4 is 10.2 Å². The summed E-state index contributed by atoms with van der Waals surface area (Å²) < 4.78 is 4.82. The van der Waals surface area contributed by atoms with Crippen LogP contribution in [0.3, 0.4) is 0 Å². The molecule has 1 atom stereocenters. The molecule has 0 aliphatic heterocycles. The number of carbonyl (C=O) groups is 3. The Labute approximate surface area is 209 Å². The fraction of sp³-hybridized carbons (Fsp3) is 0.321. The van der Waals surface area contributed by atoms with Gasteiger partial charge in [0.1, 0.15) is 6.04 Å². The van der Waals surface area contributed by atoms with Crippen LogP contribution in [-0.4, -0.2) is 30.9 Å². The summed E-state index contributed by atoms with van der Waals surface area (Å²) in [5, 5.41) is 5.14. The molecule has 7 heteroatoms. The number of hydrogen-bond donors (Lipinski definition) is 1. The largest absolute Gasteiger partial charge is 0.465 e. The summed E-state index contributed by atoms with van der Waals surface area (Å²) in [5.41, 5.74) is 2.64. The fourth-order valence-electron chi connectivity index (χ4n) is 4.60. The molecular weight excluding hydrogens is 460 g/mol. The van der Waals surface area contributed by atoms with Crippen molar-refractivity contribution in [3.8, 4) is 0 Å². The van der Waals surface area contributed by atoms with Gasteiger partial charge in [0, 0.05) is 16.6 Å². The number of nitrogens with zero attached hydrogens (tertiary/aromatic N) is 1. The van der Waals surface area contributed by atoms with Crippen LogP contribution in [-0.2, 0) is 20.7 Å². The summed E-state index contributed by atoms with van der Waals surface area (Å²) in [6, 6.07) is 17.4. The molecule has 0 saturated heterocycles. The number of anilines is 1. The van der Waals surface area contributed by atoms with Gasteiger partial charge in [-0.25, -0.2) is 4.79 Å². The number of amides is 2. The third-order valence-corrected chi connectivity index (χ3v) is 7.31. The monoisotopic (exact) mass is 490 g/mol. The highest BCUT2D eigenvalue weighted by atomic mass is 32.1. The highest BCUT2D eigenvalue weighted by molar-refractivity contribution is 7.10. The van der Waals surface area contributed by atoms with E-state index in [9.17, 15) is 14.4 Å². The Morgan fingerprint density at radius 1 is 1.03 bits per heavy atom. The Bertz CT molecular complexity index is 1170. The van der Waals surface area contributed by atoms with E-state index in [4.69, 9.17) is 4.74 Å². The van der Waals surface area contributed by atoms with Gasteiger partial charge in [-0.2, -0.15) is 0 Å². The lowest BCUT2D eigenvalue weighted by atomic mass is 9.97. The molecule has 0 radical (unpaired) electrons. The third-order valence-electron chi connectivity index (χ3n) is 6.43. The van der Waals surface area contributed by atoms with E-state index in [-0.39, 0.29) is 24.3 Å². The SMILES string of the molecule is COC(=O)c1ccc(N(C(=O)Cc2cccs2)[C@@H](C(=O)NC2CCCC2)c2ccccc2C)cc1. The molecule has 1 aliphatic carbocycles. The lowest BCUT2D eigenvalue weighted by Crippen LogP contribution is -2.47. The van der Waals surface area contributed by atoms with Gasteiger partial charge in [-0.15, -0.1) is 11.3 Å². The van der Waals surface area contributed by atoms with E-state index >= 15 is 0 Å². The maximum atomic E-state index is 13.8. The van der Waals surface area contributed by atoms with E-state index in [0.717, 1.165) is 41.7 Å². The summed E-state index contributed by atoms with van der Waals surface area (Å²) >= 11 is 1.51. The highest BCUT2D eigenvalue weighted by Crippen LogP contribution is 2.32. The van der Waals surface area contributed by atoms with Crippen LogP contribution in [0.15, 0.2) is 66.0 Å². The zero-order valence-corrected chi connectivity index (χ0v) is 20.8. The number of nitrogens with one attached hydrogen (secondary N) is 1. The number of thiophene rings is 1. The fourth-order valence-corrected chi connectivity index (χ4v) is 5.30. The summed E-state index contributed by atoms with van der Waals surface area (Å²) in [6.45, 7) is 1.95. The first-order valence-corrected chi connectivity index (χ1v) is 12.7. The quantitative estimate of drug-likeness (QED) is 0.440. The maximum absolute atomic E-state index is 13.8. The molecule has 2 aromatic carbocycles. The van der Waals surface area contributed by atoms with Gasteiger partial charge >= 0.3 is 5.97 Å². The van der Waals surface area contributed by atoms with Crippen molar-refractivity contribution in [1.82, 2.24) is 5.32 Å². The van der Waals surface area contributed by atoms with Gasteiger partial charge in [0.05, 0.1) is 19.1 Å². The molecule has 1 saturated carbocycles. The second kappa shape index (κ2) is 11.3. The zero-order valence-electron chi connectivity index (χ0n) is 20.0. The number of carbonyl (C=O) groups excluding carboxylic acids is 3. The number of methoxy groups -OCH3 is 1. The van der Waals surface area contributed by atoms with E-state index < -0.39 is 12.0 Å². The minimum atomic E-state index is -0.840. The summed E-state index contributed by atoms with van der Waals surface area (Å²) in [6.07, 6.45) is 4.26. The van der Waals surface area contributed by atoms with Gasteiger partial charge in [-0.3, -0.25) is 14.5 Å². The first kappa shape index (κ1) is 24.7. The molecule has 3 aromatic rings. The van der Waals surface area contributed by atoms with Crippen LogP contribution in [0.25, 0.3) is 0 Å². The summed E-state index contributed by atoms with van der Waals surface area (Å²) in [5.74, 6) is -0.835. The van der Waals surface area contributed by atoms with Gasteiger partial charge in [-0.1, -0.05) is 43.2 Å². The number of esters is 1. The highest BCUT2D eigenvalue weighted by Gasteiger charge is 2.35. The number of benzene rings is 2. The van der Waals surface area contributed by atoms with Crippen molar-refractivity contribution >= 4 is 34.8 Å². The molecule has 35 heavy (non-hydrogen) atoms. The van der Waals surface area contributed by atoms with Crippen molar-refractivity contribution < 1.29 is 19.1 Å². The van der Waals surface area contributed by atoms with E-state index in [2.05, 4.69) is 5.32 Å². The second-order valence-corrected chi connectivity index (χ2v) is 9.84. The molecule has 0 spiro atoms.